The minimum absolute atomic E-state index is 0.222. The van der Waals surface area contributed by atoms with Gasteiger partial charge in [0.1, 0.15) is 23.7 Å². The highest BCUT2D eigenvalue weighted by Gasteiger charge is 2.08. The van der Waals surface area contributed by atoms with Gasteiger partial charge in [-0.2, -0.15) is 0 Å². The molecule has 2 aromatic rings. The minimum Gasteiger partial charge on any atom is -0.347 e. The number of aromatic nitrogens is 2. The number of rotatable bonds is 5. The lowest BCUT2D eigenvalue weighted by Crippen LogP contribution is -2.24. The van der Waals surface area contributed by atoms with Gasteiger partial charge in [-0.1, -0.05) is 36.4 Å². The van der Waals surface area contributed by atoms with Crippen molar-refractivity contribution in [1.82, 2.24) is 15.3 Å². The predicted molar refractivity (Wildman–Crippen MR) is 90.8 cm³/mol. The first-order valence-corrected chi connectivity index (χ1v) is 7.26. The minimum atomic E-state index is -0.222. The van der Waals surface area contributed by atoms with Crippen molar-refractivity contribution >= 4 is 17.6 Å². The molecule has 2 rings (SSSR count). The number of nitrogens with zero attached hydrogens (tertiary/aromatic N) is 3. The molecule has 0 unspecified atom stereocenters. The molecule has 0 bridgehead atoms. The van der Waals surface area contributed by atoms with Crippen LogP contribution in [0.2, 0.25) is 0 Å². The van der Waals surface area contributed by atoms with Gasteiger partial charge in [-0.15, -0.1) is 0 Å². The van der Waals surface area contributed by atoms with Crippen LogP contribution in [0, 0.1) is 0 Å². The summed E-state index contributed by atoms with van der Waals surface area (Å²) in [5.74, 6) is 0.980. The number of carbonyl (C=O) groups is 1. The topological polar surface area (TPSA) is 79.3 Å². The van der Waals surface area contributed by atoms with Crippen molar-refractivity contribution in [2.75, 3.05) is 5.32 Å². The summed E-state index contributed by atoms with van der Waals surface area (Å²) in [6.45, 7) is 4.01. The van der Waals surface area contributed by atoms with Crippen molar-refractivity contribution in [3.63, 3.8) is 0 Å². The molecule has 0 saturated carbocycles. The number of anilines is 1. The molecule has 2 N–H and O–H groups in total. The molecule has 6 heteroatoms. The smallest absolute Gasteiger partial charge is 0.269 e. The van der Waals surface area contributed by atoms with Crippen LogP contribution in [0.3, 0.4) is 0 Å². The van der Waals surface area contributed by atoms with E-state index in [0.29, 0.717) is 23.9 Å². The molecule has 0 saturated heterocycles. The van der Waals surface area contributed by atoms with E-state index in [2.05, 4.69) is 25.6 Å². The molecular formula is C17H19N5O. The molecule has 1 aromatic carbocycles. The molecule has 0 fully saturated rings. The van der Waals surface area contributed by atoms with E-state index in [-0.39, 0.29) is 5.91 Å². The molecular weight excluding hydrogens is 290 g/mol. The molecule has 0 aliphatic rings. The van der Waals surface area contributed by atoms with Gasteiger partial charge in [0.25, 0.3) is 5.91 Å². The Morgan fingerprint density at radius 3 is 2.70 bits per heavy atom. The number of hydrogen-bond acceptors (Lipinski definition) is 4. The third kappa shape index (κ3) is 5.35. The number of hydrogen-bond donors (Lipinski definition) is 2. The van der Waals surface area contributed by atoms with E-state index in [1.807, 2.05) is 30.3 Å². The number of nitrogens with one attached hydrogen (secondary N) is 2. The van der Waals surface area contributed by atoms with Gasteiger partial charge in [-0.3, -0.25) is 4.79 Å². The van der Waals surface area contributed by atoms with Crippen molar-refractivity contribution < 1.29 is 4.79 Å². The van der Waals surface area contributed by atoms with Crippen LogP contribution in [0.5, 0.6) is 0 Å². The highest BCUT2D eigenvalue weighted by Crippen LogP contribution is 2.04. The van der Waals surface area contributed by atoms with Crippen molar-refractivity contribution in [1.29, 1.82) is 0 Å². The van der Waals surface area contributed by atoms with Gasteiger partial charge >= 0.3 is 0 Å². The third-order valence-electron chi connectivity index (χ3n) is 2.98. The van der Waals surface area contributed by atoms with Gasteiger partial charge in [0.2, 0.25) is 0 Å². The molecule has 1 aromatic heterocycles. The van der Waals surface area contributed by atoms with Crippen molar-refractivity contribution in [3.05, 3.63) is 66.3 Å². The number of benzene rings is 1. The second-order valence-corrected chi connectivity index (χ2v) is 4.76. The first-order chi connectivity index (χ1) is 11.2. The molecule has 6 nitrogen and oxygen atoms in total. The Hall–Kier alpha value is -3.02. The maximum Gasteiger partial charge on any atom is 0.269 e. The van der Waals surface area contributed by atoms with Gasteiger partial charge < -0.3 is 10.6 Å². The van der Waals surface area contributed by atoms with Crippen LogP contribution in [-0.4, -0.2) is 21.7 Å². The van der Waals surface area contributed by atoms with E-state index >= 15 is 0 Å². The molecule has 118 valence electrons. The molecule has 23 heavy (non-hydrogen) atoms. The molecule has 0 aliphatic carbocycles. The van der Waals surface area contributed by atoms with Crippen LogP contribution < -0.4 is 10.6 Å². The molecule has 1 amide bonds. The van der Waals surface area contributed by atoms with Crippen molar-refractivity contribution in [2.45, 2.75) is 20.4 Å². The zero-order valence-electron chi connectivity index (χ0n) is 13.2. The average Bonchev–Trinajstić information content (AvgIpc) is 2.59. The SMILES string of the molecule is C/C=C(\N=C(/C)Nc1ccncn1)C(=O)NCc1ccccc1. The molecule has 0 atom stereocenters. The second kappa shape index (κ2) is 8.43. The summed E-state index contributed by atoms with van der Waals surface area (Å²) in [6.07, 6.45) is 4.75. The fourth-order valence-corrected chi connectivity index (χ4v) is 1.87. The summed E-state index contributed by atoms with van der Waals surface area (Å²) in [7, 11) is 0. The van der Waals surface area contributed by atoms with E-state index in [9.17, 15) is 4.79 Å². The monoisotopic (exact) mass is 309 g/mol. The van der Waals surface area contributed by atoms with Gasteiger partial charge in [-0.25, -0.2) is 15.0 Å². The summed E-state index contributed by atoms with van der Waals surface area (Å²) < 4.78 is 0. The second-order valence-electron chi connectivity index (χ2n) is 4.76. The lowest BCUT2D eigenvalue weighted by molar-refractivity contribution is -0.117. The van der Waals surface area contributed by atoms with Crippen LogP contribution in [0.15, 0.2) is 65.7 Å². The maximum absolute atomic E-state index is 12.2. The van der Waals surface area contributed by atoms with Crippen LogP contribution in [0.25, 0.3) is 0 Å². The molecule has 0 aliphatic heterocycles. The highest BCUT2D eigenvalue weighted by atomic mass is 16.2. The first-order valence-electron chi connectivity index (χ1n) is 7.26. The standard InChI is InChI=1S/C17H19N5O/c1-3-15(17(23)19-11-14-7-5-4-6-8-14)21-13(2)22-16-9-10-18-12-20-16/h3-10,12H,11H2,1-2H3,(H,19,23)(H,18,20,21,22)/b15-3-. The number of allylic oxidation sites excluding steroid dienone is 1. The molecule has 0 radical (unpaired) electrons. The van der Waals surface area contributed by atoms with E-state index in [0.717, 1.165) is 5.56 Å². The largest absolute Gasteiger partial charge is 0.347 e. The van der Waals surface area contributed by atoms with Crippen molar-refractivity contribution in [2.24, 2.45) is 4.99 Å². The zero-order valence-corrected chi connectivity index (χ0v) is 13.2. The number of amidine groups is 1. The summed E-state index contributed by atoms with van der Waals surface area (Å²) in [4.78, 5) is 24.4. The quantitative estimate of drug-likeness (QED) is 0.505. The first kappa shape index (κ1) is 16.4. The Kier molecular flexibility index (Phi) is 5.99. The Morgan fingerprint density at radius 1 is 1.26 bits per heavy atom. The summed E-state index contributed by atoms with van der Waals surface area (Å²) in [5, 5.41) is 5.86. The fourth-order valence-electron chi connectivity index (χ4n) is 1.87. The van der Waals surface area contributed by atoms with E-state index in [4.69, 9.17) is 0 Å². The van der Waals surface area contributed by atoms with E-state index in [1.54, 1.807) is 32.2 Å². The Morgan fingerprint density at radius 2 is 2.04 bits per heavy atom. The summed E-state index contributed by atoms with van der Waals surface area (Å²) in [5.41, 5.74) is 1.39. The lowest BCUT2D eigenvalue weighted by atomic mass is 10.2. The van der Waals surface area contributed by atoms with Gasteiger partial charge in [0.05, 0.1) is 0 Å². The van der Waals surface area contributed by atoms with Crippen LogP contribution >= 0.6 is 0 Å². The highest BCUT2D eigenvalue weighted by molar-refractivity contribution is 5.99. The van der Waals surface area contributed by atoms with E-state index < -0.39 is 0 Å². The Bertz CT molecular complexity index is 695. The van der Waals surface area contributed by atoms with E-state index in [1.165, 1.54) is 6.33 Å². The molecule has 1 heterocycles. The maximum atomic E-state index is 12.2. The van der Waals surface area contributed by atoms with Crippen molar-refractivity contribution in [3.8, 4) is 0 Å². The Balaban J connectivity index is 1.96. The van der Waals surface area contributed by atoms with Crippen LogP contribution in [-0.2, 0) is 11.3 Å². The van der Waals surface area contributed by atoms with Gasteiger partial charge in [0, 0.05) is 12.7 Å². The van der Waals surface area contributed by atoms with Gasteiger partial charge in [0.15, 0.2) is 0 Å². The summed E-state index contributed by atoms with van der Waals surface area (Å²) >= 11 is 0. The normalized spacial score (nSPS) is 11.9. The number of carbonyl (C=O) groups excluding carboxylic acids is 1. The Labute approximate surface area is 135 Å². The number of aliphatic imine (C=N–C) groups is 1. The van der Waals surface area contributed by atoms with Crippen LogP contribution in [0.1, 0.15) is 19.4 Å². The average molecular weight is 309 g/mol. The van der Waals surface area contributed by atoms with Gasteiger partial charge in [-0.05, 0) is 25.5 Å². The third-order valence-corrected chi connectivity index (χ3v) is 2.98. The fraction of sp³-hybridized carbons (Fsp3) is 0.176. The number of amides is 1. The lowest BCUT2D eigenvalue weighted by Gasteiger charge is -2.08. The zero-order chi connectivity index (χ0) is 16.5. The predicted octanol–water partition coefficient (Wildman–Crippen LogP) is 2.53. The summed E-state index contributed by atoms with van der Waals surface area (Å²) in [6, 6.07) is 11.5. The van der Waals surface area contributed by atoms with Crippen LogP contribution in [0.4, 0.5) is 5.82 Å². The molecule has 0 spiro atoms.